The first-order chi connectivity index (χ1) is 13.9. The third-order valence-electron chi connectivity index (χ3n) is 4.16. The number of ether oxygens (including phenoxy) is 1. The maximum atomic E-state index is 13.2. The molecule has 0 atom stereocenters. The van der Waals surface area contributed by atoms with Gasteiger partial charge in [0.2, 0.25) is 0 Å². The molecule has 0 fully saturated rings. The number of thioether (sulfide) groups is 1. The SMILES string of the molecule is COc1ccc(C(=O)Nc2ccccc2C(F)(F)F)cc1CSc1ccccc1. The van der Waals surface area contributed by atoms with Crippen LogP contribution in [0.15, 0.2) is 77.7 Å². The lowest BCUT2D eigenvalue weighted by Crippen LogP contribution is -2.16. The van der Waals surface area contributed by atoms with Gasteiger partial charge in [-0.3, -0.25) is 4.79 Å². The van der Waals surface area contributed by atoms with Crippen molar-refractivity contribution in [3.63, 3.8) is 0 Å². The zero-order valence-corrected chi connectivity index (χ0v) is 16.3. The van der Waals surface area contributed by atoms with Crippen molar-refractivity contribution in [1.29, 1.82) is 0 Å². The molecule has 0 bridgehead atoms. The minimum absolute atomic E-state index is 0.256. The Hall–Kier alpha value is -2.93. The summed E-state index contributed by atoms with van der Waals surface area (Å²) in [5.74, 6) is 0.545. The summed E-state index contributed by atoms with van der Waals surface area (Å²) in [6, 6.07) is 19.4. The van der Waals surface area contributed by atoms with Gasteiger partial charge in [-0.2, -0.15) is 13.2 Å². The van der Waals surface area contributed by atoms with Crippen molar-refractivity contribution >= 4 is 23.4 Å². The van der Waals surface area contributed by atoms with Crippen molar-refractivity contribution in [2.45, 2.75) is 16.8 Å². The standard InChI is InChI=1S/C22H18F3NO2S/c1-28-20-12-11-15(13-16(20)14-29-17-7-3-2-4-8-17)21(27)26-19-10-6-5-9-18(19)22(23,24)25/h2-13H,14H2,1H3,(H,26,27). The van der Waals surface area contributed by atoms with Crippen LogP contribution in [0.25, 0.3) is 0 Å². The second-order valence-corrected chi connectivity index (χ2v) is 7.17. The van der Waals surface area contributed by atoms with Gasteiger partial charge in [0.25, 0.3) is 5.91 Å². The molecular formula is C22H18F3NO2S. The summed E-state index contributed by atoms with van der Waals surface area (Å²) in [5.41, 5.74) is -0.132. The van der Waals surface area contributed by atoms with E-state index in [4.69, 9.17) is 4.74 Å². The molecule has 29 heavy (non-hydrogen) atoms. The first-order valence-electron chi connectivity index (χ1n) is 8.71. The molecule has 3 nitrogen and oxygen atoms in total. The Morgan fingerprint density at radius 3 is 2.38 bits per heavy atom. The Kier molecular flexibility index (Phi) is 6.49. The minimum Gasteiger partial charge on any atom is -0.496 e. The largest absolute Gasteiger partial charge is 0.496 e. The molecule has 0 unspecified atom stereocenters. The summed E-state index contributed by atoms with van der Waals surface area (Å²) < 4.78 is 44.8. The number of carbonyl (C=O) groups is 1. The van der Waals surface area contributed by atoms with Gasteiger partial charge in [-0.1, -0.05) is 30.3 Å². The fourth-order valence-electron chi connectivity index (χ4n) is 2.74. The Bertz CT molecular complexity index is 991. The summed E-state index contributed by atoms with van der Waals surface area (Å²) in [4.78, 5) is 13.7. The molecule has 0 aliphatic rings. The third-order valence-corrected chi connectivity index (χ3v) is 5.22. The molecule has 1 amide bonds. The maximum Gasteiger partial charge on any atom is 0.418 e. The Morgan fingerprint density at radius 2 is 1.69 bits per heavy atom. The molecule has 0 aliphatic carbocycles. The van der Waals surface area contributed by atoms with Crippen molar-refractivity contribution in [2.75, 3.05) is 12.4 Å². The average Bonchev–Trinajstić information content (AvgIpc) is 2.72. The van der Waals surface area contributed by atoms with E-state index in [9.17, 15) is 18.0 Å². The van der Waals surface area contributed by atoms with Crippen LogP contribution in [0.2, 0.25) is 0 Å². The van der Waals surface area contributed by atoms with E-state index in [2.05, 4.69) is 5.32 Å². The summed E-state index contributed by atoms with van der Waals surface area (Å²) in [5, 5.41) is 2.37. The molecule has 0 aromatic heterocycles. The van der Waals surface area contributed by atoms with E-state index < -0.39 is 17.6 Å². The van der Waals surface area contributed by atoms with Gasteiger partial charge in [0.05, 0.1) is 18.4 Å². The van der Waals surface area contributed by atoms with Crippen molar-refractivity contribution in [3.8, 4) is 5.75 Å². The second kappa shape index (κ2) is 9.05. The van der Waals surface area contributed by atoms with Gasteiger partial charge in [0.15, 0.2) is 0 Å². The number of amides is 1. The number of hydrogen-bond donors (Lipinski definition) is 1. The van der Waals surface area contributed by atoms with Gasteiger partial charge < -0.3 is 10.1 Å². The van der Waals surface area contributed by atoms with Crippen molar-refractivity contribution in [1.82, 2.24) is 0 Å². The van der Waals surface area contributed by atoms with Gasteiger partial charge in [0.1, 0.15) is 5.75 Å². The fraction of sp³-hybridized carbons (Fsp3) is 0.136. The van der Waals surface area contributed by atoms with Crippen LogP contribution in [-0.2, 0) is 11.9 Å². The first-order valence-corrected chi connectivity index (χ1v) is 9.69. The molecule has 3 rings (SSSR count). The van der Waals surface area contributed by atoms with E-state index in [-0.39, 0.29) is 11.3 Å². The highest BCUT2D eigenvalue weighted by Gasteiger charge is 2.33. The molecule has 0 aliphatic heterocycles. The molecule has 0 spiro atoms. The highest BCUT2D eigenvalue weighted by atomic mass is 32.2. The molecular weight excluding hydrogens is 399 g/mol. The molecule has 150 valence electrons. The predicted molar refractivity (Wildman–Crippen MR) is 108 cm³/mol. The molecule has 0 heterocycles. The topological polar surface area (TPSA) is 38.3 Å². The summed E-state index contributed by atoms with van der Waals surface area (Å²) >= 11 is 1.57. The number of benzene rings is 3. The lowest BCUT2D eigenvalue weighted by atomic mass is 10.1. The van der Waals surface area contributed by atoms with E-state index in [0.29, 0.717) is 11.5 Å². The lowest BCUT2D eigenvalue weighted by Gasteiger charge is -2.14. The van der Waals surface area contributed by atoms with Crippen LogP contribution in [0.4, 0.5) is 18.9 Å². The number of nitrogens with one attached hydrogen (secondary N) is 1. The fourth-order valence-corrected chi connectivity index (χ4v) is 3.64. The molecule has 0 saturated heterocycles. The Morgan fingerprint density at radius 1 is 1.00 bits per heavy atom. The van der Waals surface area contributed by atoms with E-state index in [1.165, 1.54) is 31.4 Å². The molecule has 3 aromatic carbocycles. The number of methoxy groups -OCH3 is 1. The molecule has 0 saturated carbocycles. The van der Waals surface area contributed by atoms with Gasteiger partial charge in [0, 0.05) is 21.8 Å². The van der Waals surface area contributed by atoms with E-state index in [1.807, 2.05) is 30.3 Å². The van der Waals surface area contributed by atoms with Crippen LogP contribution in [0, 0.1) is 0 Å². The van der Waals surface area contributed by atoms with Crippen molar-refractivity contribution < 1.29 is 22.7 Å². The van der Waals surface area contributed by atoms with Crippen LogP contribution in [0.1, 0.15) is 21.5 Å². The van der Waals surface area contributed by atoms with Gasteiger partial charge >= 0.3 is 6.18 Å². The zero-order valence-electron chi connectivity index (χ0n) is 15.5. The first kappa shape index (κ1) is 20.8. The number of alkyl halides is 3. The highest BCUT2D eigenvalue weighted by Crippen LogP contribution is 2.35. The molecule has 3 aromatic rings. The Labute approximate surface area is 170 Å². The molecule has 0 radical (unpaired) electrons. The second-order valence-electron chi connectivity index (χ2n) is 6.13. The smallest absolute Gasteiger partial charge is 0.418 e. The normalized spacial score (nSPS) is 11.2. The van der Waals surface area contributed by atoms with Crippen LogP contribution in [0.3, 0.4) is 0 Å². The average molecular weight is 417 g/mol. The van der Waals surface area contributed by atoms with E-state index >= 15 is 0 Å². The zero-order chi connectivity index (χ0) is 20.9. The Balaban J connectivity index is 1.81. The third kappa shape index (κ3) is 5.32. The number of halogens is 3. The number of rotatable bonds is 6. The van der Waals surface area contributed by atoms with Crippen LogP contribution in [0.5, 0.6) is 5.75 Å². The highest BCUT2D eigenvalue weighted by molar-refractivity contribution is 7.98. The van der Waals surface area contributed by atoms with Gasteiger partial charge in [-0.05, 0) is 42.5 Å². The quantitative estimate of drug-likeness (QED) is 0.481. The summed E-state index contributed by atoms with van der Waals surface area (Å²) in [7, 11) is 1.53. The number of hydrogen-bond acceptors (Lipinski definition) is 3. The predicted octanol–water partition coefficient (Wildman–Crippen LogP) is 6.26. The van der Waals surface area contributed by atoms with Gasteiger partial charge in [-0.25, -0.2) is 0 Å². The minimum atomic E-state index is -4.55. The number of carbonyl (C=O) groups excluding carboxylic acids is 1. The van der Waals surface area contributed by atoms with Crippen LogP contribution in [-0.4, -0.2) is 13.0 Å². The molecule has 7 heteroatoms. The number of anilines is 1. The number of para-hydroxylation sites is 1. The lowest BCUT2D eigenvalue weighted by molar-refractivity contribution is -0.136. The van der Waals surface area contributed by atoms with Crippen LogP contribution >= 0.6 is 11.8 Å². The summed E-state index contributed by atoms with van der Waals surface area (Å²) in [6.07, 6.45) is -4.55. The molecule has 1 N–H and O–H groups in total. The maximum absolute atomic E-state index is 13.2. The van der Waals surface area contributed by atoms with E-state index in [1.54, 1.807) is 23.9 Å². The monoisotopic (exact) mass is 417 g/mol. The van der Waals surface area contributed by atoms with Crippen molar-refractivity contribution in [3.05, 3.63) is 89.5 Å². The van der Waals surface area contributed by atoms with Crippen LogP contribution < -0.4 is 10.1 Å². The van der Waals surface area contributed by atoms with E-state index in [0.717, 1.165) is 16.5 Å². The van der Waals surface area contributed by atoms with Gasteiger partial charge in [-0.15, -0.1) is 11.8 Å². The summed E-state index contributed by atoms with van der Waals surface area (Å²) in [6.45, 7) is 0. The van der Waals surface area contributed by atoms with Crippen molar-refractivity contribution in [2.24, 2.45) is 0 Å².